The maximum absolute atomic E-state index is 12.7. The fourth-order valence-corrected chi connectivity index (χ4v) is 6.87. The van der Waals surface area contributed by atoms with Crippen molar-refractivity contribution in [3.05, 3.63) is 23.7 Å². The largest absolute Gasteiger partial charge is 0.504 e. The van der Waals surface area contributed by atoms with Crippen molar-refractivity contribution in [3.8, 4) is 0 Å². The van der Waals surface area contributed by atoms with Gasteiger partial charge in [0.05, 0.1) is 11.0 Å². The Kier molecular flexibility index (Phi) is 2.66. The smallest absolute Gasteiger partial charge is 0.174 e. The maximum atomic E-state index is 12.7. The minimum absolute atomic E-state index is 0.0453. The molecule has 6 aliphatic rings. The summed E-state index contributed by atoms with van der Waals surface area (Å²) in [7, 11) is 0. The number of rotatable bonds is 2. The molecule has 0 aromatic heterocycles. The van der Waals surface area contributed by atoms with E-state index >= 15 is 0 Å². The fourth-order valence-electron chi connectivity index (χ4n) is 6.87. The number of piperidine rings is 1. The van der Waals surface area contributed by atoms with Gasteiger partial charge < -0.3 is 14.9 Å². The van der Waals surface area contributed by atoms with Crippen molar-refractivity contribution in [2.45, 2.75) is 56.3 Å². The molecule has 4 aliphatic carbocycles. The van der Waals surface area contributed by atoms with Crippen LogP contribution in [0, 0.1) is 23.2 Å². The van der Waals surface area contributed by atoms with E-state index in [1.807, 2.05) is 0 Å². The molecule has 3 saturated carbocycles. The number of carbonyl (C=O) groups is 1. The topological polar surface area (TPSA) is 70.0 Å². The highest BCUT2D eigenvalue weighted by atomic mass is 16.5. The highest BCUT2D eigenvalue weighted by molar-refractivity contribution is 5.87. The molecule has 2 aliphatic heterocycles. The number of hydrogen-bond acceptors (Lipinski definition) is 5. The van der Waals surface area contributed by atoms with Gasteiger partial charge in [0.2, 0.25) is 0 Å². The first kappa shape index (κ1) is 14.8. The highest BCUT2D eigenvalue weighted by Crippen LogP contribution is 2.69. The minimum Gasteiger partial charge on any atom is -0.504 e. The van der Waals surface area contributed by atoms with Gasteiger partial charge in [-0.05, 0) is 56.6 Å². The third-order valence-corrected chi connectivity index (χ3v) is 8.07. The molecule has 2 N–H and O–H groups in total. The summed E-state index contributed by atoms with van der Waals surface area (Å²) in [5, 5.41) is 22.4. The molecule has 5 nitrogen and oxygen atoms in total. The van der Waals surface area contributed by atoms with Gasteiger partial charge in [-0.1, -0.05) is 6.08 Å². The minimum atomic E-state index is -0.882. The quantitative estimate of drug-likeness (QED) is 0.802. The Morgan fingerprint density at radius 3 is 2.96 bits per heavy atom. The van der Waals surface area contributed by atoms with Crippen LogP contribution in [-0.4, -0.2) is 51.7 Å². The molecule has 134 valence electrons. The van der Waals surface area contributed by atoms with Crippen LogP contribution in [0.4, 0.5) is 0 Å². The molecule has 2 heterocycles. The SMILES string of the molecule is O=C1CC[C@@]2(O)[C@H]3CC4C=CC(O)=C5O[C@@H]1[C@]2(CCN3CC1CC1)C54. The zero-order valence-corrected chi connectivity index (χ0v) is 14.4. The number of nitrogens with zero attached hydrogens (tertiary/aromatic N) is 1. The predicted octanol–water partition coefficient (Wildman–Crippen LogP) is 1.93. The molecule has 6 atom stereocenters. The van der Waals surface area contributed by atoms with Crippen molar-refractivity contribution < 1.29 is 19.7 Å². The molecular formula is C20H25NO4. The van der Waals surface area contributed by atoms with Crippen molar-refractivity contribution in [1.82, 2.24) is 4.90 Å². The van der Waals surface area contributed by atoms with Crippen LogP contribution >= 0.6 is 0 Å². The third-order valence-electron chi connectivity index (χ3n) is 8.07. The molecule has 2 saturated heterocycles. The summed E-state index contributed by atoms with van der Waals surface area (Å²) >= 11 is 0. The number of Topliss-reactive ketones (excluding diaryl/α,β-unsaturated/α-hetero) is 1. The Bertz CT molecular complexity index is 725. The lowest BCUT2D eigenvalue weighted by atomic mass is 9.44. The van der Waals surface area contributed by atoms with Crippen molar-refractivity contribution in [1.29, 1.82) is 0 Å². The lowest BCUT2D eigenvalue weighted by Gasteiger charge is -2.65. The molecule has 2 unspecified atom stereocenters. The van der Waals surface area contributed by atoms with E-state index in [1.54, 1.807) is 6.08 Å². The Morgan fingerprint density at radius 1 is 1.32 bits per heavy atom. The van der Waals surface area contributed by atoms with Gasteiger partial charge in [0.25, 0.3) is 0 Å². The summed E-state index contributed by atoms with van der Waals surface area (Å²) in [5.41, 5.74) is -1.43. The normalized spacial score (nSPS) is 50.7. The van der Waals surface area contributed by atoms with E-state index < -0.39 is 17.1 Å². The standard InChI is InChI=1S/C20H25NO4/c22-13-4-3-12-9-15-20(24)6-5-14(23)18-19(20,16(12)17(13)25-18)7-8-21(15)10-11-1-2-11/h3-4,11-12,15-16,18,22,24H,1-2,5-10H2/t12?,15-,16?,18+,19+,20-/m1/s1. The zero-order valence-electron chi connectivity index (χ0n) is 14.4. The molecule has 0 amide bonds. The third kappa shape index (κ3) is 1.61. The lowest BCUT2D eigenvalue weighted by molar-refractivity contribution is -0.244. The maximum Gasteiger partial charge on any atom is 0.174 e. The van der Waals surface area contributed by atoms with Crippen molar-refractivity contribution in [3.63, 3.8) is 0 Å². The summed E-state index contributed by atoms with van der Waals surface area (Å²) in [5.74, 6) is 1.82. The number of hydrogen-bond donors (Lipinski definition) is 2. The van der Waals surface area contributed by atoms with Gasteiger partial charge in [-0.15, -0.1) is 0 Å². The fraction of sp³-hybridized carbons (Fsp3) is 0.750. The van der Waals surface area contributed by atoms with Crippen LogP contribution in [0.5, 0.6) is 0 Å². The van der Waals surface area contributed by atoms with E-state index in [0.29, 0.717) is 18.6 Å². The van der Waals surface area contributed by atoms with E-state index in [2.05, 4.69) is 11.0 Å². The van der Waals surface area contributed by atoms with E-state index in [9.17, 15) is 15.0 Å². The first-order chi connectivity index (χ1) is 12.0. The number of likely N-dealkylation sites (tertiary alicyclic amines) is 1. The second-order valence-corrected chi connectivity index (χ2v) is 9.12. The van der Waals surface area contributed by atoms with Gasteiger partial charge in [-0.25, -0.2) is 0 Å². The first-order valence-corrected chi connectivity index (χ1v) is 9.82. The zero-order chi connectivity index (χ0) is 17.0. The van der Waals surface area contributed by atoms with Crippen LogP contribution in [0.1, 0.15) is 38.5 Å². The molecule has 25 heavy (non-hydrogen) atoms. The molecular weight excluding hydrogens is 318 g/mol. The van der Waals surface area contributed by atoms with E-state index in [4.69, 9.17) is 4.74 Å². The molecule has 0 radical (unpaired) electrons. The average Bonchev–Trinajstić information content (AvgIpc) is 3.32. The number of carbonyl (C=O) groups excluding carboxylic acids is 1. The van der Waals surface area contributed by atoms with Gasteiger partial charge in [0.15, 0.2) is 17.6 Å². The van der Waals surface area contributed by atoms with Crippen molar-refractivity contribution in [2.24, 2.45) is 23.2 Å². The summed E-state index contributed by atoms with van der Waals surface area (Å²) < 4.78 is 6.10. The Balaban J connectivity index is 1.51. The average molecular weight is 343 g/mol. The Morgan fingerprint density at radius 2 is 2.16 bits per heavy atom. The van der Waals surface area contributed by atoms with Gasteiger partial charge in [0.1, 0.15) is 5.76 Å². The van der Waals surface area contributed by atoms with Crippen LogP contribution < -0.4 is 0 Å². The summed E-state index contributed by atoms with van der Waals surface area (Å²) in [6, 6.07) is 0.103. The van der Waals surface area contributed by atoms with E-state index in [1.165, 1.54) is 12.8 Å². The lowest BCUT2D eigenvalue weighted by Crippen LogP contribution is -2.76. The van der Waals surface area contributed by atoms with Crippen LogP contribution in [0.3, 0.4) is 0 Å². The summed E-state index contributed by atoms with van der Waals surface area (Å²) in [4.78, 5) is 15.2. The molecule has 0 aromatic rings. The van der Waals surface area contributed by atoms with Crippen LogP contribution in [0.25, 0.3) is 0 Å². The van der Waals surface area contributed by atoms with Crippen molar-refractivity contribution >= 4 is 5.78 Å². The molecule has 5 heteroatoms. The summed E-state index contributed by atoms with van der Waals surface area (Å²) in [6.07, 6.45) is 8.47. The monoisotopic (exact) mass is 343 g/mol. The van der Waals surface area contributed by atoms with Gasteiger partial charge in [-0.2, -0.15) is 0 Å². The van der Waals surface area contributed by atoms with Crippen LogP contribution in [0.15, 0.2) is 23.7 Å². The Hall–Kier alpha value is -1.33. The van der Waals surface area contributed by atoms with Crippen LogP contribution in [0.2, 0.25) is 0 Å². The molecule has 2 bridgehead atoms. The molecule has 0 aromatic carbocycles. The van der Waals surface area contributed by atoms with Crippen molar-refractivity contribution in [2.75, 3.05) is 13.1 Å². The molecule has 1 spiro atoms. The van der Waals surface area contributed by atoms with E-state index in [-0.39, 0.29) is 29.4 Å². The highest BCUT2D eigenvalue weighted by Gasteiger charge is 2.77. The molecule has 6 rings (SSSR count). The number of aliphatic hydroxyl groups is 2. The second kappa shape index (κ2) is 4.49. The number of ketones is 1. The van der Waals surface area contributed by atoms with E-state index in [0.717, 1.165) is 31.8 Å². The predicted molar refractivity (Wildman–Crippen MR) is 89.6 cm³/mol. The van der Waals surface area contributed by atoms with Gasteiger partial charge >= 0.3 is 0 Å². The number of allylic oxidation sites excluding steroid dienone is 3. The first-order valence-electron chi connectivity index (χ1n) is 9.82. The Labute approximate surface area is 147 Å². The van der Waals surface area contributed by atoms with Gasteiger partial charge in [0, 0.05) is 24.9 Å². The summed E-state index contributed by atoms with van der Waals surface area (Å²) in [6.45, 7) is 2.01. The van der Waals surface area contributed by atoms with Gasteiger partial charge in [-0.3, -0.25) is 9.69 Å². The second-order valence-electron chi connectivity index (χ2n) is 9.12. The molecule has 5 fully saturated rings. The number of ether oxygens (including phenoxy) is 1. The van der Waals surface area contributed by atoms with Crippen LogP contribution in [-0.2, 0) is 9.53 Å². The number of aliphatic hydroxyl groups excluding tert-OH is 1.